The summed E-state index contributed by atoms with van der Waals surface area (Å²) in [5.74, 6) is -1.24. The molecule has 1 aliphatic heterocycles. The Morgan fingerprint density at radius 2 is 2.11 bits per heavy atom. The molecule has 0 unspecified atom stereocenters. The second kappa shape index (κ2) is 6.98. The second-order valence-electron chi connectivity index (χ2n) is 4.69. The third-order valence-electron chi connectivity index (χ3n) is 2.89. The highest BCUT2D eigenvalue weighted by molar-refractivity contribution is 5.85. The van der Waals surface area contributed by atoms with E-state index in [1.54, 1.807) is 11.8 Å². The van der Waals surface area contributed by atoms with Crippen molar-refractivity contribution in [1.82, 2.24) is 10.2 Å². The molecule has 0 aromatic heterocycles. The Kier molecular flexibility index (Phi) is 5.61. The van der Waals surface area contributed by atoms with E-state index in [0.717, 1.165) is 19.3 Å². The van der Waals surface area contributed by atoms with Crippen molar-refractivity contribution in [2.45, 2.75) is 45.1 Å². The van der Waals surface area contributed by atoms with Crippen LogP contribution in [-0.4, -0.2) is 46.9 Å². The average Bonchev–Trinajstić information content (AvgIpc) is 2.43. The van der Waals surface area contributed by atoms with E-state index in [1.807, 2.05) is 0 Å². The van der Waals surface area contributed by atoms with Gasteiger partial charge in [-0.15, -0.1) is 0 Å². The predicted molar refractivity (Wildman–Crippen MR) is 64.9 cm³/mol. The number of amides is 2. The zero-order valence-corrected chi connectivity index (χ0v) is 10.6. The monoisotopic (exact) mass is 256 g/mol. The fraction of sp³-hybridized carbons (Fsp3) is 0.750. The predicted octanol–water partition coefficient (Wildman–Crippen LogP) is 0.368. The molecular weight excluding hydrogens is 236 g/mol. The van der Waals surface area contributed by atoms with Crippen molar-refractivity contribution >= 4 is 17.8 Å². The maximum Gasteiger partial charge on any atom is 0.305 e. The summed E-state index contributed by atoms with van der Waals surface area (Å²) in [6, 6.07) is -0.419. The van der Waals surface area contributed by atoms with Gasteiger partial charge in [0.15, 0.2) is 0 Å². The molecule has 1 heterocycles. The van der Waals surface area contributed by atoms with Gasteiger partial charge in [-0.3, -0.25) is 14.4 Å². The van der Waals surface area contributed by atoms with Gasteiger partial charge >= 0.3 is 5.97 Å². The Morgan fingerprint density at radius 3 is 2.78 bits per heavy atom. The molecule has 0 radical (unpaired) electrons. The van der Waals surface area contributed by atoms with Crippen LogP contribution in [0.5, 0.6) is 0 Å². The minimum atomic E-state index is -0.950. The van der Waals surface area contributed by atoms with Crippen molar-refractivity contribution in [1.29, 1.82) is 0 Å². The first-order chi connectivity index (χ1) is 8.49. The van der Waals surface area contributed by atoms with Gasteiger partial charge in [-0.1, -0.05) is 6.42 Å². The molecule has 0 spiro atoms. The van der Waals surface area contributed by atoms with Crippen LogP contribution in [0.4, 0.5) is 0 Å². The van der Waals surface area contributed by atoms with E-state index in [9.17, 15) is 14.4 Å². The summed E-state index contributed by atoms with van der Waals surface area (Å²) < 4.78 is 0. The number of rotatable bonds is 5. The number of nitrogens with one attached hydrogen (secondary N) is 1. The van der Waals surface area contributed by atoms with Gasteiger partial charge in [0, 0.05) is 19.0 Å². The van der Waals surface area contributed by atoms with Crippen LogP contribution in [0.3, 0.4) is 0 Å². The van der Waals surface area contributed by atoms with Crippen molar-refractivity contribution in [3.8, 4) is 0 Å². The van der Waals surface area contributed by atoms with Crippen molar-refractivity contribution in [2.75, 3.05) is 13.1 Å². The minimum Gasteiger partial charge on any atom is -0.481 e. The molecule has 0 bridgehead atoms. The Morgan fingerprint density at radius 1 is 1.39 bits per heavy atom. The SMILES string of the molecule is C[C@H](CC(=O)O)NC(=O)CN1CCCCCC1=O. The lowest BCUT2D eigenvalue weighted by Crippen LogP contribution is -2.43. The van der Waals surface area contributed by atoms with Crippen molar-refractivity contribution in [3.63, 3.8) is 0 Å². The van der Waals surface area contributed by atoms with E-state index < -0.39 is 12.0 Å². The average molecular weight is 256 g/mol. The van der Waals surface area contributed by atoms with E-state index in [0.29, 0.717) is 13.0 Å². The summed E-state index contributed by atoms with van der Waals surface area (Å²) in [5.41, 5.74) is 0. The third-order valence-corrected chi connectivity index (χ3v) is 2.89. The summed E-state index contributed by atoms with van der Waals surface area (Å²) >= 11 is 0. The van der Waals surface area contributed by atoms with E-state index >= 15 is 0 Å². The van der Waals surface area contributed by atoms with E-state index in [2.05, 4.69) is 5.32 Å². The van der Waals surface area contributed by atoms with Crippen LogP contribution < -0.4 is 5.32 Å². The lowest BCUT2D eigenvalue weighted by molar-refractivity contribution is -0.138. The Balaban J connectivity index is 2.38. The standard InChI is InChI=1S/C12H20N2O4/c1-9(7-12(17)18)13-10(15)8-14-6-4-2-3-5-11(14)16/h9H,2-8H2,1H3,(H,13,15)(H,17,18)/t9-/m1/s1. The van der Waals surface area contributed by atoms with Crippen molar-refractivity contribution in [2.24, 2.45) is 0 Å². The van der Waals surface area contributed by atoms with Gasteiger partial charge in [0.05, 0.1) is 13.0 Å². The van der Waals surface area contributed by atoms with Crippen LogP contribution in [0, 0.1) is 0 Å². The molecule has 0 aromatic rings. The summed E-state index contributed by atoms with van der Waals surface area (Å²) in [6.07, 6.45) is 3.20. The first kappa shape index (κ1) is 14.5. The molecule has 2 amide bonds. The number of hydrogen-bond acceptors (Lipinski definition) is 3. The van der Waals surface area contributed by atoms with Gasteiger partial charge in [-0.2, -0.15) is 0 Å². The van der Waals surface area contributed by atoms with Gasteiger partial charge in [0.1, 0.15) is 0 Å². The normalized spacial score (nSPS) is 18.1. The van der Waals surface area contributed by atoms with Crippen LogP contribution >= 0.6 is 0 Å². The number of aliphatic carboxylic acids is 1. The molecular formula is C12H20N2O4. The number of carbonyl (C=O) groups is 3. The smallest absolute Gasteiger partial charge is 0.305 e. The van der Waals surface area contributed by atoms with E-state index in [1.165, 1.54) is 0 Å². The van der Waals surface area contributed by atoms with Crippen LogP contribution in [0.25, 0.3) is 0 Å². The topological polar surface area (TPSA) is 86.7 Å². The highest BCUT2D eigenvalue weighted by Gasteiger charge is 2.20. The number of carboxylic acid groups (broad SMARTS) is 1. The largest absolute Gasteiger partial charge is 0.481 e. The molecule has 102 valence electrons. The zero-order chi connectivity index (χ0) is 13.5. The number of carbonyl (C=O) groups excluding carboxylic acids is 2. The van der Waals surface area contributed by atoms with Crippen LogP contribution in [-0.2, 0) is 14.4 Å². The lowest BCUT2D eigenvalue weighted by Gasteiger charge is -2.21. The van der Waals surface area contributed by atoms with Crippen LogP contribution in [0.1, 0.15) is 39.0 Å². The van der Waals surface area contributed by atoms with Gasteiger partial charge < -0.3 is 15.3 Å². The molecule has 1 fully saturated rings. The molecule has 18 heavy (non-hydrogen) atoms. The fourth-order valence-electron chi connectivity index (χ4n) is 2.01. The van der Waals surface area contributed by atoms with Crippen molar-refractivity contribution < 1.29 is 19.5 Å². The Bertz CT molecular complexity index is 330. The summed E-state index contributed by atoms with van der Waals surface area (Å²) in [6.45, 7) is 2.28. The van der Waals surface area contributed by atoms with Gasteiger partial charge in [-0.25, -0.2) is 0 Å². The highest BCUT2D eigenvalue weighted by atomic mass is 16.4. The molecule has 0 aliphatic carbocycles. The maximum absolute atomic E-state index is 11.7. The molecule has 6 nitrogen and oxygen atoms in total. The van der Waals surface area contributed by atoms with Gasteiger partial charge in [0.25, 0.3) is 0 Å². The maximum atomic E-state index is 11.7. The number of hydrogen-bond donors (Lipinski definition) is 2. The molecule has 1 aliphatic rings. The molecule has 1 atom stereocenters. The number of nitrogens with zero attached hydrogens (tertiary/aromatic N) is 1. The first-order valence-electron chi connectivity index (χ1n) is 6.28. The summed E-state index contributed by atoms with van der Waals surface area (Å²) in [4.78, 5) is 35.3. The third kappa shape index (κ3) is 5.16. The van der Waals surface area contributed by atoms with Crippen molar-refractivity contribution in [3.05, 3.63) is 0 Å². The number of carboxylic acids is 1. The van der Waals surface area contributed by atoms with E-state index in [-0.39, 0.29) is 24.8 Å². The van der Waals surface area contributed by atoms with E-state index in [4.69, 9.17) is 5.11 Å². The molecule has 0 aromatic carbocycles. The minimum absolute atomic E-state index is 0.00791. The second-order valence-corrected chi connectivity index (χ2v) is 4.69. The molecule has 1 rings (SSSR count). The fourth-order valence-corrected chi connectivity index (χ4v) is 2.01. The number of likely N-dealkylation sites (tertiary alicyclic amines) is 1. The quantitative estimate of drug-likeness (QED) is 0.744. The summed E-state index contributed by atoms with van der Waals surface area (Å²) in [7, 11) is 0. The molecule has 1 saturated heterocycles. The molecule has 2 N–H and O–H groups in total. The summed E-state index contributed by atoms with van der Waals surface area (Å²) in [5, 5.41) is 11.2. The van der Waals surface area contributed by atoms with Crippen LogP contribution in [0.2, 0.25) is 0 Å². The molecule has 6 heteroatoms. The lowest BCUT2D eigenvalue weighted by atomic mass is 10.2. The highest BCUT2D eigenvalue weighted by Crippen LogP contribution is 2.10. The Labute approximate surface area is 106 Å². The Hall–Kier alpha value is -1.59. The molecule has 0 saturated carbocycles. The first-order valence-corrected chi connectivity index (χ1v) is 6.28. The zero-order valence-electron chi connectivity index (χ0n) is 10.6. The van der Waals surface area contributed by atoms with Gasteiger partial charge in [0.2, 0.25) is 11.8 Å². The van der Waals surface area contributed by atoms with Crippen LogP contribution in [0.15, 0.2) is 0 Å². The van der Waals surface area contributed by atoms with Gasteiger partial charge in [-0.05, 0) is 19.8 Å².